The van der Waals surface area contributed by atoms with Gasteiger partial charge in [0.1, 0.15) is 5.75 Å². The lowest BCUT2D eigenvalue weighted by Gasteiger charge is -2.07. The van der Waals surface area contributed by atoms with E-state index in [1.807, 2.05) is 0 Å². The zero-order valence-corrected chi connectivity index (χ0v) is 15.2. The molecule has 0 saturated heterocycles. The third kappa shape index (κ3) is 4.90. The molecule has 2 amide bonds. The van der Waals surface area contributed by atoms with Crippen LogP contribution in [0.5, 0.6) is 5.75 Å². The standard InChI is InChI=1S/C17H15BrN4O4/c1-10(15(22-26)17(25)19-12-5-3-2-4-6-12)20-21-16(24)13-9-11(18)7-8-14(13)23/h2-9,23,26H,1H3,(H,19,25)(H,21,24)/b20-10+,22-15-. The fourth-order valence-electron chi connectivity index (χ4n) is 1.93. The van der Waals surface area contributed by atoms with Crippen molar-refractivity contribution in [3.05, 3.63) is 58.6 Å². The monoisotopic (exact) mass is 418 g/mol. The van der Waals surface area contributed by atoms with Crippen molar-refractivity contribution in [1.82, 2.24) is 5.43 Å². The summed E-state index contributed by atoms with van der Waals surface area (Å²) in [5.41, 5.74) is 2.31. The fourth-order valence-corrected chi connectivity index (χ4v) is 2.29. The summed E-state index contributed by atoms with van der Waals surface area (Å²) in [7, 11) is 0. The van der Waals surface area contributed by atoms with Crippen LogP contribution in [0, 0.1) is 0 Å². The summed E-state index contributed by atoms with van der Waals surface area (Å²) >= 11 is 3.20. The molecule has 9 heteroatoms. The van der Waals surface area contributed by atoms with Crippen molar-refractivity contribution in [1.29, 1.82) is 0 Å². The fraction of sp³-hybridized carbons (Fsp3) is 0.0588. The summed E-state index contributed by atoms with van der Waals surface area (Å²) in [6.45, 7) is 1.39. The molecule has 0 unspecified atom stereocenters. The van der Waals surface area contributed by atoms with Gasteiger partial charge in [-0.15, -0.1) is 0 Å². The van der Waals surface area contributed by atoms with Gasteiger partial charge in [0.25, 0.3) is 11.8 Å². The molecular weight excluding hydrogens is 404 g/mol. The molecule has 0 aliphatic heterocycles. The summed E-state index contributed by atoms with van der Waals surface area (Å²) in [6.07, 6.45) is 0. The number of oxime groups is 1. The minimum absolute atomic E-state index is 0.00727. The van der Waals surface area contributed by atoms with Crippen molar-refractivity contribution in [3.63, 3.8) is 0 Å². The van der Waals surface area contributed by atoms with Crippen LogP contribution in [0.4, 0.5) is 5.69 Å². The number of rotatable bonds is 5. The molecule has 0 aromatic heterocycles. The maximum absolute atomic E-state index is 12.2. The van der Waals surface area contributed by atoms with Crippen LogP contribution in [0.1, 0.15) is 17.3 Å². The molecule has 2 aromatic rings. The van der Waals surface area contributed by atoms with E-state index in [1.54, 1.807) is 36.4 Å². The first-order chi connectivity index (χ1) is 12.4. The number of carbonyl (C=O) groups excluding carboxylic acids is 2. The minimum Gasteiger partial charge on any atom is -0.507 e. The summed E-state index contributed by atoms with van der Waals surface area (Å²) < 4.78 is 0.598. The molecule has 8 nitrogen and oxygen atoms in total. The highest BCUT2D eigenvalue weighted by molar-refractivity contribution is 9.10. The first-order valence-electron chi connectivity index (χ1n) is 7.34. The Morgan fingerprint density at radius 1 is 1.12 bits per heavy atom. The Labute approximate surface area is 157 Å². The van der Waals surface area contributed by atoms with E-state index in [4.69, 9.17) is 5.21 Å². The Balaban J connectivity index is 2.10. The van der Waals surface area contributed by atoms with Gasteiger partial charge in [-0.1, -0.05) is 39.3 Å². The van der Waals surface area contributed by atoms with Crippen molar-refractivity contribution in [2.45, 2.75) is 6.92 Å². The molecule has 2 aromatic carbocycles. The Bertz CT molecular complexity index is 882. The van der Waals surface area contributed by atoms with E-state index in [2.05, 4.69) is 36.9 Å². The zero-order valence-electron chi connectivity index (χ0n) is 13.6. The van der Waals surface area contributed by atoms with Gasteiger partial charge in [0.05, 0.1) is 11.3 Å². The predicted octanol–water partition coefficient (Wildman–Crippen LogP) is 2.73. The van der Waals surface area contributed by atoms with Crippen LogP contribution in [0.25, 0.3) is 0 Å². The van der Waals surface area contributed by atoms with Crippen LogP contribution < -0.4 is 10.7 Å². The second kappa shape index (κ2) is 8.77. The van der Waals surface area contributed by atoms with Crippen molar-refractivity contribution in [2.75, 3.05) is 5.32 Å². The van der Waals surface area contributed by atoms with Gasteiger partial charge in [0, 0.05) is 10.2 Å². The summed E-state index contributed by atoms with van der Waals surface area (Å²) in [5, 5.41) is 28.0. The van der Waals surface area contributed by atoms with Crippen LogP contribution in [-0.4, -0.2) is 33.6 Å². The quantitative estimate of drug-likeness (QED) is 0.338. The van der Waals surface area contributed by atoms with Crippen LogP contribution in [0.15, 0.2) is 63.3 Å². The number of amides is 2. The van der Waals surface area contributed by atoms with Crippen molar-refractivity contribution in [2.24, 2.45) is 10.3 Å². The molecular formula is C17H15BrN4O4. The number of phenols is 1. The van der Waals surface area contributed by atoms with Crippen molar-refractivity contribution in [3.8, 4) is 5.75 Å². The number of anilines is 1. The van der Waals surface area contributed by atoms with Crippen LogP contribution >= 0.6 is 15.9 Å². The lowest BCUT2D eigenvalue weighted by molar-refractivity contribution is -0.110. The Hall–Kier alpha value is -3.20. The number of carbonyl (C=O) groups is 2. The molecule has 26 heavy (non-hydrogen) atoms. The average molecular weight is 419 g/mol. The van der Waals surface area contributed by atoms with Gasteiger partial charge in [-0.2, -0.15) is 5.10 Å². The summed E-state index contributed by atoms with van der Waals surface area (Å²) in [4.78, 5) is 24.2. The first kappa shape index (κ1) is 19.1. The third-order valence-electron chi connectivity index (χ3n) is 3.22. The number of phenolic OH excluding ortho intramolecular Hbond substituents is 1. The number of hydrogen-bond acceptors (Lipinski definition) is 6. The maximum atomic E-state index is 12.2. The number of nitrogens with zero attached hydrogens (tertiary/aromatic N) is 2. The molecule has 0 heterocycles. The number of aromatic hydroxyl groups is 1. The second-order valence-electron chi connectivity index (χ2n) is 5.07. The maximum Gasteiger partial charge on any atom is 0.279 e. The molecule has 0 radical (unpaired) electrons. The van der Waals surface area contributed by atoms with Crippen molar-refractivity contribution < 1.29 is 19.9 Å². The molecule has 134 valence electrons. The molecule has 0 spiro atoms. The normalized spacial score (nSPS) is 11.8. The highest BCUT2D eigenvalue weighted by atomic mass is 79.9. The highest BCUT2D eigenvalue weighted by Gasteiger charge is 2.17. The SMILES string of the molecule is CC(=N\NC(=O)c1cc(Br)ccc1O)/C(=N/O)C(=O)Nc1ccccc1. The number of halogens is 1. The van der Waals surface area contributed by atoms with Crippen molar-refractivity contribution >= 4 is 44.9 Å². The first-order valence-corrected chi connectivity index (χ1v) is 8.13. The number of para-hydroxylation sites is 1. The number of hydrogen-bond donors (Lipinski definition) is 4. The van der Waals surface area contributed by atoms with Crippen LogP contribution in [0.2, 0.25) is 0 Å². The van der Waals surface area contributed by atoms with E-state index in [9.17, 15) is 14.7 Å². The largest absolute Gasteiger partial charge is 0.507 e. The zero-order chi connectivity index (χ0) is 19.1. The molecule has 0 aliphatic rings. The van der Waals surface area contributed by atoms with Gasteiger partial charge >= 0.3 is 0 Å². The molecule has 2 rings (SSSR count). The smallest absolute Gasteiger partial charge is 0.279 e. The number of benzene rings is 2. The van der Waals surface area contributed by atoms with Gasteiger partial charge in [-0.25, -0.2) is 5.43 Å². The summed E-state index contributed by atoms with van der Waals surface area (Å²) in [5.74, 6) is -1.61. The summed E-state index contributed by atoms with van der Waals surface area (Å²) in [6, 6.07) is 12.9. The lowest BCUT2D eigenvalue weighted by atomic mass is 10.2. The van der Waals surface area contributed by atoms with Gasteiger partial charge in [0.2, 0.25) is 0 Å². The average Bonchev–Trinajstić information content (AvgIpc) is 2.63. The second-order valence-corrected chi connectivity index (χ2v) is 5.98. The molecule has 0 saturated carbocycles. The van der Waals surface area contributed by atoms with E-state index in [1.165, 1.54) is 19.1 Å². The van der Waals surface area contributed by atoms with E-state index >= 15 is 0 Å². The van der Waals surface area contributed by atoms with Crippen LogP contribution in [-0.2, 0) is 4.79 Å². The highest BCUT2D eigenvalue weighted by Crippen LogP contribution is 2.21. The van der Waals surface area contributed by atoms with E-state index in [0.717, 1.165) is 0 Å². The van der Waals surface area contributed by atoms with Crippen LogP contribution in [0.3, 0.4) is 0 Å². The minimum atomic E-state index is -0.695. The molecule has 0 bridgehead atoms. The molecule has 0 fully saturated rings. The third-order valence-corrected chi connectivity index (χ3v) is 3.71. The predicted molar refractivity (Wildman–Crippen MR) is 101 cm³/mol. The topological polar surface area (TPSA) is 123 Å². The van der Waals surface area contributed by atoms with E-state index in [0.29, 0.717) is 10.2 Å². The molecule has 0 aliphatic carbocycles. The lowest BCUT2D eigenvalue weighted by Crippen LogP contribution is -2.31. The Kier molecular flexibility index (Phi) is 6.45. The van der Waals surface area contributed by atoms with Gasteiger partial charge in [-0.05, 0) is 37.3 Å². The van der Waals surface area contributed by atoms with Gasteiger partial charge in [-0.3, -0.25) is 9.59 Å². The molecule has 0 atom stereocenters. The number of hydrazone groups is 1. The Morgan fingerprint density at radius 3 is 2.46 bits per heavy atom. The van der Waals surface area contributed by atoms with Gasteiger partial charge in [0.15, 0.2) is 5.71 Å². The van der Waals surface area contributed by atoms with Gasteiger partial charge < -0.3 is 15.6 Å². The Morgan fingerprint density at radius 2 is 1.81 bits per heavy atom. The number of nitrogens with one attached hydrogen (secondary N) is 2. The van der Waals surface area contributed by atoms with E-state index in [-0.39, 0.29) is 22.7 Å². The molecule has 4 N–H and O–H groups in total. The van der Waals surface area contributed by atoms with E-state index < -0.39 is 11.8 Å².